The predicted octanol–water partition coefficient (Wildman–Crippen LogP) is 2.01. The summed E-state index contributed by atoms with van der Waals surface area (Å²) in [6, 6.07) is 10.4. The Morgan fingerprint density at radius 3 is 2.67 bits per heavy atom. The number of amides is 1. The van der Waals surface area contributed by atoms with Crippen molar-refractivity contribution >= 4 is 23.3 Å². The van der Waals surface area contributed by atoms with Crippen molar-refractivity contribution in [2.24, 2.45) is 0 Å². The number of nitrogens with two attached hydrogens (primary N) is 1. The molecule has 1 amide bonds. The molecule has 108 valence electrons. The normalized spacial score (nSPS) is 9.95. The molecule has 0 aliphatic heterocycles. The smallest absolute Gasteiger partial charge is 0.337 e. The molecule has 2 rings (SSSR count). The number of carbonyl (C=O) groups excluding carboxylic acids is 2. The molecule has 0 saturated heterocycles. The Labute approximate surface area is 121 Å². The number of aromatic hydroxyl groups is 1. The van der Waals surface area contributed by atoms with Crippen LogP contribution in [0.4, 0.5) is 11.4 Å². The monoisotopic (exact) mass is 286 g/mol. The minimum Gasteiger partial charge on any atom is -0.508 e. The average Bonchev–Trinajstić information content (AvgIpc) is 2.49. The van der Waals surface area contributed by atoms with Gasteiger partial charge in [-0.1, -0.05) is 6.07 Å². The van der Waals surface area contributed by atoms with E-state index in [2.05, 4.69) is 10.1 Å². The summed E-state index contributed by atoms with van der Waals surface area (Å²) in [5.41, 5.74) is 6.83. The Balaban J connectivity index is 2.23. The van der Waals surface area contributed by atoms with Gasteiger partial charge in [-0.25, -0.2) is 4.79 Å². The van der Waals surface area contributed by atoms with Gasteiger partial charge in [0.2, 0.25) is 0 Å². The van der Waals surface area contributed by atoms with Crippen LogP contribution in [0.1, 0.15) is 20.7 Å². The highest BCUT2D eigenvalue weighted by Crippen LogP contribution is 2.20. The molecular weight excluding hydrogens is 272 g/mol. The number of hydrogen-bond acceptors (Lipinski definition) is 5. The summed E-state index contributed by atoms with van der Waals surface area (Å²) < 4.78 is 4.61. The van der Waals surface area contributed by atoms with Gasteiger partial charge in [-0.15, -0.1) is 0 Å². The van der Waals surface area contributed by atoms with Crippen LogP contribution in [0, 0.1) is 0 Å². The molecule has 0 aromatic heterocycles. The van der Waals surface area contributed by atoms with Crippen LogP contribution < -0.4 is 11.1 Å². The summed E-state index contributed by atoms with van der Waals surface area (Å²) in [5, 5.41) is 12.0. The standard InChI is InChI=1S/C15H14N2O4/c1-21-15(20)9-3-2-4-10(7-9)17-14(19)12-8-11(18)5-6-13(12)16/h2-8,18H,16H2,1H3,(H,17,19). The first kappa shape index (κ1) is 14.4. The SMILES string of the molecule is COC(=O)c1cccc(NC(=O)c2cc(O)ccc2N)c1. The van der Waals surface area contributed by atoms with Gasteiger partial charge in [0.25, 0.3) is 5.91 Å². The molecule has 6 nitrogen and oxygen atoms in total. The van der Waals surface area contributed by atoms with Crippen molar-refractivity contribution in [1.29, 1.82) is 0 Å². The lowest BCUT2D eigenvalue weighted by Crippen LogP contribution is -2.14. The molecule has 0 unspecified atom stereocenters. The van der Waals surface area contributed by atoms with Crippen molar-refractivity contribution in [1.82, 2.24) is 0 Å². The van der Waals surface area contributed by atoms with Crippen LogP contribution in [0.5, 0.6) is 5.75 Å². The maximum absolute atomic E-state index is 12.1. The molecule has 0 aliphatic rings. The van der Waals surface area contributed by atoms with E-state index in [4.69, 9.17) is 5.73 Å². The second kappa shape index (κ2) is 5.96. The molecule has 2 aromatic carbocycles. The summed E-state index contributed by atoms with van der Waals surface area (Å²) >= 11 is 0. The van der Waals surface area contributed by atoms with E-state index in [1.165, 1.54) is 31.4 Å². The molecule has 6 heteroatoms. The topological polar surface area (TPSA) is 102 Å². The van der Waals surface area contributed by atoms with Crippen LogP contribution in [-0.4, -0.2) is 24.1 Å². The first-order valence-electron chi connectivity index (χ1n) is 6.09. The molecular formula is C15H14N2O4. The Bertz CT molecular complexity index is 698. The third-order valence-corrected chi connectivity index (χ3v) is 2.82. The molecule has 0 saturated carbocycles. The van der Waals surface area contributed by atoms with Gasteiger partial charge in [0.1, 0.15) is 5.75 Å². The number of hydrogen-bond donors (Lipinski definition) is 3. The number of anilines is 2. The van der Waals surface area contributed by atoms with E-state index < -0.39 is 11.9 Å². The minimum absolute atomic E-state index is 0.0577. The predicted molar refractivity (Wildman–Crippen MR) is 78.3 cm³/mol. The summed E-state index contributed by atoms with van der Waals surface area (Å²) in [6.07, 6.45) is 0. The number of phenolic OH excluding ortho intramolecular Hbond substituents is 1. The summed E-state index contributed by atoms with van der Waals surface area (Å²) in [5.74, 6) is -1.04. The van der Waals surface area contributed by atoms with E-state index >= 15 is 0 Å². The van der Waals surface area contributed by atoms with Crippen LogP contribution >= 0.6 is 0 Å². The number of phenols is 1. The number of rotatable bonds is 3. The number of nitrogens with one attached hydrogen (secondary N) is 1. The lowest BCUT2D eigenvalue weighted by atomic mass is 10.1. The molecule has 0 radical (unpaired) electrons. The second-order valence-corrected chi connectivity index (χ2v) is 4.30. The van der Waals surface area contributed by atoms with Gasteiger partial charge >= 0.3 is 5.97 Å². The fraction of sp³-hybridized carbons (Fsp3) is 0.0667. The average molecular weight is 286 g/mol. The molecule has 0 heterocycles. The van der Waals surface area contributed by atoms with Crippen molar-refractivity contribution in [2.75, 3.05) is 18.2 Å². The van der Waals surface area contributed by atoms with Crippen molar-refractivity contribution in [3.63, 3.8) is 0 Å². The molecule has 0 fully saturated rings. The lowest BCUT2D eigenvalue weighted by Gasteiger charge is -2.09. The van der Waals surface area contributed by atoms with E-state index in [9.17, 15) is 14.7 Å². The number of nitrogen functional groups attached to an aromatic ring is 1. The Morgan fingerprint density at radius 1 is 1.19 bits per heavy atom. The zero-order valence-electron chi connectivity index (χ0n) is 11.3. The molecule has 2 aromatic rings. The first-order valence-corrected chi connectivity index (χ1v) is 6.09. The number of carbonyl (C=O) groups is 2. The third-order valence-electron chi connectivity index (χ3n) is 2.82. The fourth-order valence-corrected chi connectivity index (χ4v) is 1.78. The van der Waals surface area contributed by atoms with Gasteiger partial charge in [0.05, 0.1) is 18.2 Å². The van der Waals surface area contributed by atoms with Gasteiger partial charge in [-0.05, 0) is 36.4 Å². The number of esters is 1. The van der Waals surface area contributed by atoms with E-state index in [-0.39, 0.29) is 17.0 Å². The van der Waals surface area contributed by atoms with Gasteiger partial charge in [-0.3, -0.25) is 4.79 Å². The quantitative estimate of drug-likeness (QED) is 0.455. The van der Waals surface area contributed by atoms with E-state index in [1.54, 1.807) is 18.2 Å². The van der Waals surface area contributed by atoms with Crippen molar-refractivity contribution < 1.29 is 19.4 Å². The molecule has 0 atom stereocenters. The zero-order chi connectivity index (χ0) is 15.4. The van der Waals surface area contributed by atoms with Crippen molar-refractivity contribution in [3.8, 4) is 5.75 Å². The second-order valence-electron chi connectivity index (χ2n) is 4.30. The van der Waals surface area contributed by atoms with Crippen molar-refractivity contribution in [2.45, 2.75) is 0 Å². The number of methoxy groups -OCH3 is 1. The summed E-state index contributed by atoms with van der Waals surface area (Å²) in [7, 11) is 1.28. The third kappa shape index (κ3) is 3.30. The molecule has 0 bridgehead atoms. The first-order chi connectivity index (χ1) is 10.0. The minimum atomic E-state index is -0.497. The van der Waals surface area contributed by atoms with Gasteiger partial charge < -0.3 is 20.9 Å². The largest absolute Gasteiger partial charge is 0.508 e. The molecule has 21 heavy (non-hydrogen) atoms. The maximum atomic E-state index is 12.1. The van der Waals surface area contributed by atoms with Crippen LogP contribution in [0.25, 0.3) is 0 Å². The van der Waals surface area contributed by atoms with Gasteiger partial charge in [-0.2, -0.15) is 0 Å². The maximum Gasteiger partial charge on any atom is 0.337 e. The molecule has 4 N–H and O–H groups in total. The van der Waals surface area contributed by atoms with Crippen LogP contribution in [0.3, 0.4) is 0 Å². The Kier molecular flexibility index (Phi) is 4.08. The summed E-state index contributed by atoms with van der Waals surface area (Å²) in [6.45, 7) is 0. The van der Waals surface area contributed by atoms with E-state index in [0.29, 0.717) is 11.3 Å². The van der Waals surface area contributed by atoms with Gasteiger partial charge in [0, 0.05) is 11.4 Å². The number of ether oxygens (including phenoxy) is 1. The molecule has 0 spiro atoms. The van der Waals surface area contributed by atoms with Crippen LogP contribution in [0.15, 0.2) is 42.5 Å². The van der Waals surface area contributed by atoms with E-state index in [1.807, 2.05) is 0 Å². The lowest BCUT2D eigenvalue weighted by molar-refractivity contribution is 0.0600. The van der Waals surface area contributed by atoms with Crippen LogP contribution in [0.2, 0.25) is 0 Å². The highest BCUT2D eigenvalue weighted by Gasteiger charge is 2.12. The Morgan fingerprint density at radius 2 is 1.95 bits per heavy atom. The fourth-order valence-electron chi connectivity index (χ4n) is 1.78. The Hall–Kier alpha value is -3.02. The summed E-state index contributed by atoms with van der Waals surface area (Å²) in [4.78, 5) is 23.6. The highest BCUT2D eigenvalue weighted by molar-refractivity contribution is 6.08. The van der Waals surface area contributed by atoms with Gasteiger partial charge in [0.15, 0.2) is 0 Å². The van der Waals surface area contributed by atoms with Crippen molar-refractivity contribution in [3.05, 3.63) is 53.6 Å². The van der Waals surface area contributed by atoms with Crippen LogP contribution in [-0.2, 0) is 4.74 Å². The number of benzene rings is 2. The highest BCUT2D eigenvalue weighted by atomic mass is 16.5. The molecule has 0 aliphatic carbocycles. The zero-order valence-corrected chi connectivity index (χ0v) is 11.3. The van der Waals surface area contributed by atoms with E-state index in [0.717, 1.165) is 0 Å².